The van der Waals surface area contributed by atoms with Crippen molar-refractivity contribution in [2.24, 2.45) is 0 Å². The highest BCUT2D eigenvalue weighted by molar-refractivity contribution is 7.13. The van der Waals surface area contributed by atoms with Crippen molar-refractivity contribution >= 4 is 29.2 Å². The SMILES string of the molecule is CCNC(=O)Nc1cc(-c2nc(C(F)(F)F)cs2)c(-c2cncc(-c3nnc(N4CCCC4)o3)c2)cn1. The fourth-order valence-electron chi connectivity index (χ4n) is 3.85. The van der Waals surface area contributed by atoms with E-state index in [1.807, 2.05) is 4.90 Å². The second kappa shape index (κ2) is 10.1. The monoisotopic (exact) mass is 530 g/mol. The van der Waals surface area contributed by atoms with Gasteiger partial charge in [0.25, 0.3) is 5.89 Å². The van der Waals surface area contributed by atoms with Crippen molar-refractivity contribution in [1.29, 1.82) is 0 Å². The van der Waals surface area contributed by atoms with E-state index in [4.69, 9.17) is 4.42 Å². The normalized spacial score (nSPS) is 13.7. The Kier molecular flexibility index (Phi) is 6.74. The van der Waals surface area contributed by atoms with Gasteiger partial charge in [-0.05, 0) is 31.9 Å². The predicted octanol–water partition coefficient (Wildman–Crippen LogP) is 5.08. The van der Waals surface area contributed by atoms with Crippen LogP contribution in [0.1, 0.15) is 25.5 Å². The maximum absolute atomic E-state index is 13.3. The van der Waals surface area contributed by atoms with Gasteiger partial charge in [-0.3, -0.25) is 10.3 Å². The molecule has 0 aliphatic carbocycles. The molecule has 2 amide bonds. The summed E-state index contributed by atoms with van der Waals surface area (Å²) < 4.78 is 45.6. The number of nitrogens with one attached hydrogen (secondary N) is 2. The number of urea groups is 1. The molecule has 5 heterocycles. The Bertz CT molecular complexity index is 1410. The van der Waals surface area contributed by atoms with E-state index in [-0.39, 0.29) is 16.7 Å². The third-order valence-electron chi connectivity index (χ3n) is 5.60. The molecule has 1 fully saturated rings. The number of hydrogen-bond donors (Lipinski definition) is 2. The molecular formula is C23H21F3N8O2S. The molecule has 10 nitrogen and oxygen atoms in total. The molecule has 0 bridgehead atoms. The quantitative estimate of drug-likeness (QED) is 0.354. The molecule has 4 aromatic rings. The van der Waals surface area contributed by atoms with Gasteiger partial charge in [0, 0.05) is 60.3 Å². The van der Waals surface area contributed by atoms with E-state index < -0.39 is 17.9 Å². The summed E-state index contributed by atoms with van der Waals surface area (Å²) in [5, 5.41) is 14.5. The van der Waals surface area contributed by atoms with Crippen LogP contribution in [0.5, 0.6) is 0 Å². The average Bonchev–Trinajstić information content (AvgIpc) is 3.65. The highest BCUT2D eigenvalue weighted by atomic mass is 32.1. The van der Waals surface area contributed by atoms with Gasteiger partial charge in [-0.2, -0.15) is 13.2 Å². The number of halogens is 3. The topological polar surface area (TPSA) is 122 Å². The minimum Gasteiger partial charge on any atom is -0.403 e. The minimum absolute atomic E-state index is 0.114. The van der Waals surface area contributed by atoms with E-state index in [9.17, 15) is 18.0 Å². The molecule has 1 saturated heterocycles. The van der Waals surface area contributed by atoms with Crippen molar-refractivity contribution < 1.29 is 22.4 Å². The molecule has 4 aromatic heterocycles. The van der Waals surface area contributed by atoms with E-state index in [0.717, 1.165) is 42.6 Å². The lowest BCUT2D eigenvalue weighted by atomic mass is 10.0. The lowest BCUT2D eigenvalue weighted by Gasteiger charge is -2.12. The first-order chi connectivity index (χ1) is 17.8. The third kappa shape index (κ3) is 5.38. The predicted molar refractivity (Wildman–Crippen MR) is 131 cm³/mol. The molecule has 0 saturated carbocycles. The van der Waals surface area contributed by atoms with Crippen LogP contribution in [-0.4, -0.2) is 50.8 Å². The number of aromatic nitrogens is 5. The molecule has 2 N–H and O–H groups in total. The highest BCUT2D eigenvalue weighted by Crippen LogP contribution is 2.39. The third-order valence-corrected chi connectivity index (χ3v) is 6.47. The Balaban J connectivity index is 1.53. The molecule has 0 spiro atoms. The molecule has 37 heavy (non-hydrogen) atoms. The zero-order valence-corrected chi connectivity index (χ0v) is 20.4. The van der Waals surface area contributed by atoms with Crippen molar-refractivity contribution in [3.63, 3.8) is 0 Å². The Labute approximate surface area is 213 Å². The number of pyridine rings is 2. The Morgan fingerprint density at radius 3 is 2.62 bits per heavy atom. The van der Waals surface area contributed by atoms with Crippen molar-refractivity contribution in [2.45, 2.75) is 25.9 Å². The maximum atomic E-state index is 13.3. The number of alkyl halides is 3. The Morgan fingerprint density at radius 2 is 1.89 bits per heavy atom. The van der Waals surface area contributed by atoms with Gasteiger partial charge in [-0.25, -0.2) is 14.8 Å². The van der Waals surface area contributed by atoms with E-state index in [1.54, 1.807) is 25.4 Å². The van der Waals surface area contributed by atoms with Crippen LogP contribution in [0.3, 0.4) is 0 Å². The van der Waals surface area contributed by atoms with Crippen LogP contribution >= 0.6 is 11.3 Å². The van der Waals surface area contributed by atoms with Crippen LogP contribution in [0.15, 0.2) is 40.5 Å². The lowest BCUT2D eigenvalue weighted by molar-refractivity contribution is -0.140. The van der Waals surface area contributed by atoms with Crippen LogP contribution in [-0.2, 0) is 6.18 Å². The second-order valence-electron chi connectivity index (χ2n) is 8.18. The second-order valence-corrected chi connectivity index (χ2v) is 9.04. The standard InChI is InChI=1S/C23H21F3N8O2S/c1-2-28-21(35)31-18-8-15(20-30-17(12-37-20)23(24,25)26)16(11-29-18)13-7-14(10-27-9-13)19-32-33-22(36-19)34-5-3-4-6-34/h7-12H,2-6H2,1H3,(H2,28,29,31,35). The average molecular weight is 531 g/mol. The van der Waals surface area contributed by atoms with E-state index in [0.29, 0.717) is 34.8 Å². The first-order valence-electron chi connectivity index (χ1n) is 11.4. The number of rotatable bonds is 6. The Hall–Kier alpha value is -4.07. The summed E-state index contributed by atoms with van der Waals surface area (Å²) >= 11 is 0.840. The van der Waals surface area contributed by atoms with E-state index >= 15 is 0 Å². The van der Waals surface area contributed by atoms with Crippen molar-refractivity contribution in [3.05, 3.63) is 41.8 Å². The van der Waals surface area contributed by atoms with Gasteiger partial charge in [0.1, 0.15) is 10.8 Å². The minimum atomic E-state index is -4.59. The van der Waals surface area contributed by atoms with Crippen LogP contribution < -0.4 is 15.5 Å². The molecule has 1 aliphatic rings. The largest absolute Gasteiger partial charge is 0.434 e. The van der Waals surface area contributed by atoms with Gasteiger partial charge >= 0.3 is 18.2 Å². The Morgan fingerprint density at radius 1 is 1.11 bits per heavy atom. The fraction of sp³-hybridized carbons (Fsp3) is 0.304. The molecule has 1 aliphatic heterocycles. The number of hydrogen-bond acceptors (Lipinski definition) is 9. The smallest absolute Gasteiger partial charge is 0.403 e. The zero-order valence-electron chi connectivity index (χ0n) is 19.5. The van der Waals surface area contributed by atoms with Crippen LogP contribution in [0, 0.1) is 0 Å². The molecule has 5 rings (SSSR count). The van der Waals surface area contributed by atoms with E-state index in [2.05, 4.69) is 35.8 Å². The first-order valence-corrected chi connectivity index (χ1v) is 12.3. The summed E-state index contributed by atoms with van der Waals surface area (Å²) in [5.41, 5.74) is 0.915. The number of thiazole rings is 1. The van der Waals surface area contributed by atoms with Crippen LogP contribution in [0.25, 0.3) is 33.2 Å². The number of carbonyl (C=O) groups excluding carboxylic acids is 1. The van der Waals surface area contributed by atoms with Crippen LogP contribution in [0.4, 0.5) is 29.8 Å². The molecule has 14 heteroatoms. The maximum Gasteiger partial charge on any atom is 0.434 e. The first kappa shape index (κ1) is 24.6. The van der Waals surface area contributed by atoms with Gasteiger partial charge in [-0.15, -0.1) is 16.4 Å². The van der Waals surface area contributed by atoms with Crippen molar-refractivity contribution in [3.8, 4) is 33.2 Å². The van der Waals surface area contributed by atoms with Crippen molar-refractivity contribution in [1.82, 2.24) is 30.5 Å². The van der Waals surface area contributed by atoms with E-state index in [1.165, 1.54) is 12.3 Å². The van der Waals surface area contributed by atoms with Crippen molar-refractivity contribution in [2.75, 3.05) is 29.9 Å². The van der Waals surface area contributed by atoms with Gasteiger partial charge in [0.05, 0.1) is 5.56 Å². The van der Waals surface area contributed by atoms with Crippen LogP contribution in [0.2, 0.25) is 0 Å². The lowest BCUT2D eigenvalue weighted by Crippen LogP contribution is -2.28. The highest BCUT2D eigenvalue weighted by Gasteiger charge is 2.34. The van der Waals surface area contributed by atoms with Gasteiger partial charge in [-0.1, -0.05) is 5.10 Å². The molecule has 0 radical (unpaired) electrons. The number of carbonyl (C=O) groups is 1. The zero-order chi connectivity index (χ0) is 26.0. The molecular weight excluding hydrogens is 509 g/mol. The molecule has 0 unspecified atom stereocenters. The number of nitrogens with zero attached hydrogens (tertiary/aromatic N) is 6. The molecule has 0 atom stereocenters. The fourth-order valence-corrected chi connectivity index (χ4v) is 4.71. The number of amides is 2. The molecule has 0 aromatic carbocycles. The summed E-state index contributed by atoms with van der Waals surface area (Å²) in [6.07, 6.45) is 2.10. The number of anilines is 2. The van der Waals surface area contributed by atoms with Gasteiger partial charge in [0.15, 0.2) is 5.69 Å². The summed E-state index contributed by atoms with van der Waals surface area (Å²) in [7, 11) is 0. The summed E-state index contributed by atoms with van der Waals surface area (Å²) in [4.78, 5) is 26.3. The van der Waals surface area contributed by atoms with Gasteiger partial charge < -0.3 is 14.6 Å². The summed E-state index contributed by atoms with van der Waals surface area (Å²) in [5.74, 6) is 0.429. The molecule has 192 valence electrons. The van der Waals surface area contributed by atoms with Gasteiger partial charge in [0.2, 0.25) is 0 Å². The summed E-state index contributed by atoms with van der Waals surface area (Å²) in [6.45, 7) is 3.84. The summed E-state index contributed by atoms with van der Waals surface area (Å²) in [6, 6.07) is 3.17.